The summed E-state index contributed by atoms with van der Waals surface area (Å²) in [7, 11) is 0. The van der Waals surface area contributed by atoms with Gasteiger partial charge in [0.15, 0.2) is 5.78 Å². The van der Waals surface area contributed by atoms with Gasteiger partial charge in [-0.3, -0.25) is 9.59 Å². The molecule has 0 heterocycles. The highest BCUT2D eigenvalue weighted by atomic mass is 35.5. The Balaban J connectivity index is 2.48. The van der Waals surface area contributed by atoms with E-state index in [9.17, 15) is 9.59 Å². The van der Waals surface area contributed by atoms with Crippen molar-refractivity contribution in [2.24, 2.45) is 5.92 Å². The van der Waals surface area contributed by atoms with Gasteiger partial charge < -0.3 is 10.4 Å². The van der Waals surface area contributed by atoms with Gasteiger partial charge in [-0.25, -0.2) is 0 Å². The number of ketones is 1. The fourth-order valence-electron chi connectivity index (χ4n) is 1.89. The first-order valence-corrected chi connectivity index (χ1v) is 7.08. The minimum Gasteiger partial charge on any atom is -0.480 e. The van der Waals surface area contributed by atoms with Crippen LogP contribution in [-0.2, 0) is 4.79 Å². The third-order valence-corrected chi connectivity index (χ3v) is 3.61. The Hall–Kier alpha value is -1.39. The van der Waals surface area contributed by atoms with Crippen molar-refractivity contribution >= 4 is 23.4 Å². The summed E-state index contributed by atoms with van der Waals surface area (Å²) in [5.41, 5.74) is 0.589. The van der Waals surface area contributed by atoms with Crippen LogP contribution in [0.3, 0.4) is 0 Å². The van der Waals surface area contributed by atoms with Crippen LogP contribution in [-0.4, -0.2) is 29.4 Å². The summed E-state index contributed by atoms with van der Waals surface area (Å²) in [5, 5.41) is 12.6. The van der Waals surface area contributed by atoms with Gasteiger partial charge in [-0.05, 0) is 30.2 Å². The second-order valence-corrected chi connectivity index (χ2v) is 5.27. The largest absolute Gasteiger partial charge is 0.480 e. The fourth-order valence-corrected chi connectivity index (χ4v) is 2.01. The van der Waals surface area contributed by atoms with Gasteiger partial charge in [-0.15, -0.1) is 0 Å². The number of hydrogen-bond donors (Lipinski definition) is 2. The highest BCUT2D eigenvalue weighted by molar-refractivity contribution is 6.30. The molecule has 0 radical (unpaired) electrons. The number of Topliss-reactive ketones (excluding diaryl/α,β-unsaturated/α-hetero) is 1. The lowest BCUT2D eigenvalue weighted by Crippen LogP contribution is -2.42. The third kappa shape index (κ3) is 4.94. The molecule has 2 atom stereocenters. The molecule has 0 aliphatic carbocycles. The van der Waals surface area contributed by atoms with Crippen LogP contribution >= 0.6 is 11.6 Å². The molecule has 0 unspecified atom stereocenters. The number of carboxylic acid groups (broad SMARTS) is 1. The molecule has 0 amide bonds. The molecular weight excluding hydrogens is 278 g/mol. The monoisotopic (exact) mass is 297 g/mol. The first kappa shape index (κ1) is 16.7. The molecule has 5 heteroatoms. The molecular formula is C15H20ClNO3. The van der Waals surface area contributed by atoms with E-state index in [-0.39, 0.29) is 18.1 Å². The van der Waals surface area contributed by atoms with E-state index in [0.717, 1.165) is 6.42 Å². The lowest BCUT2D eigenvalue weighted by atomic mass is 9.99. The van der Waals surface area contributed by atoms with Crippen molar-refractivity contribution in [3.05, 3.63) is 34.9 Å². The summed E-state index contributed by atoms with van der Waals surface area (Å²) in [6.45, 7) is 4.18. The van der Waals surface area contributed by atoms with E-state index in [2.05, 4.69) is 5.32 Å². The van der Waals surface area contributed by atoms with Crippen LogP contribution < -0.4 is 5.32 Å². The highest BCUT2D eigenvalue weighted by Crippen LogP contribution is 2.11. The average molecular weight is 298 g/mol. The summed E-state index contributed by atoms with van der Waals surface area (Å²) in [6.07, 6.45) is 1.04. The van der Waals surface area contributed by atoms with E-state index >= 15 is 0 Å². The van der Waals surface area contributed by atoms with Crippen LogP contribution in [0.25, 0.3) is 0 Å². The maximum atomic E-state index is 11.9. The SMILES string of the molecule is CC[C@@H](C)[C@H](NCCC(=O)c1ccc(Cl)cc1)C(=O)O. The van der Waals surface area contributed by atoms with E-state index in [1.54, 1.807) is 24.3 Å². The van der Waals surface area contributed by atoms with Crippen molar-refractivity contribution in [3.8, 4) is 0 Å². The topological polar surface area (TPSA) is 66.4 Å². The Bertz CT molecular complexity index is 459. The third-order valence-electron chi connectivity index (χ3n) is 3.36. The second-order valence-electron chi connectivity index (χ2n) is 4.84. The first-order chi connectivity index (χ1) is 9.45. The zero-order chi connectivity index (χ0) is 15.1. The predicted octanol–water partition coefficient (Wildman–Crippen LogP) is 3.00. The molecule has 4 nitrogen and oxygen atoms in total. The van der Waals surface area contributed by atoms with Crippen LogP contribution in [0, 0.1) is 5.92 Å². The van der Waals surface area contributed by atoms with Gasteiger partial charge in [-0.1, -0.05) is 31.9 Å². The summed E-state index contributed by atoms with van der Waals surface area (Å²) < 4.78 is 0. The number of carbonyl (C=O) groups is 2. The summed E-state index contributed by atoms with van der Waals surface area (Å²) >= 11 is 5.76. The molecule has 0 saturated carbocycles. The van der Waals surface area contributed by atoms with E-state index in [4.69, 9.17) is 16.7 Å². The lowest BCUT2D eigenvalue weighted by Gasteiger charge is -2.19. The van der Waals surface area contributed by atoms with E-state index in [0.29, 0.717) is 17.1 Å². The van der Waals surface area contributed by atoms with Crippen molar-refractivity contribution in [2.45, 2.75) is 32.7 Å². The molecule has 0 saturated heterocycles. The Morgan fingerprint density at radius 1 is 1.30 bits per heavy atom. The maximum absolute atomic E-state index is 11.9. The summed E-state index contributed by atoms with van der Waals surface area (Å²) in [5.74, 6) is -0.876. The van der Waals surface area contributed by atoms with Crippen molar-refractivity contribution in [3.63, 3.8) is 0 Å². The molecule has 110 valence electrons. The molecule has 0 aromatic heterocycles. The number of nitrogens with one attached hydrogen (secondary N) is 1. The maximum Gasteiger partial charge on any atom is 0.320 e. The predicted molar refractivity (Wildman–Crippen MR) is 79.3 cm³/mol. The van der Waals surface area contributed by atoms with Gasteiger partial charge in [0, 0.05) is 23.6 Å². The van der Waals surface area contributed by atoms with E-state index < -0.39 is 12.0 Å². The number of carboxylic acids is 1. The highest BCUT2D eigenvalue weighted by Gasteiger charge is 2.22. The number of halogens is 1. The second kappa shape index (κ2) is 8.02. The van der Waals surface area contributed by atoms with Crippen LogP contribution in [0.5, 0.6) is 0 Å². The van der Waals surface area contributed by atoms with Crippen molar-refractivity contribution < 1.29 is 14.7 Å². The molecule has 2 N–H and O–H groups in total. The van der Waals surface area contributed by atoms with E-state index in [1.807, 2.05) is 13.8 Å². The number of benzene rings is 1. The molecule has 0 spiro atoms. The first-order valence-electron chi connectivity index (χ1n) is 6.70. The fraction of sp³-hybridized carbons (Fsp3) is 0.467. The Labute approximate surface area is 124 Å². The average Bonchev–Trinajstić information content (AvgIpc) is 2.43. The van der Waals surface area contributed by atoms with Crippen molar-refractivity contribution in [1.82, 2.24) is 5.32 Å². The van der Waals surface area contributed by atoms with Crippen LogP contribution in [0.1, 0.15) is 37.0 Å². The van der Waals surface area contributed by atoms with Gasteiger partial charge in [0.25, 0.3) is 0 Å². The van der Waals surface area contributed by atoms with Gasteiger partial charge in [0.1, 0.15) is 6.04 Å². The van der Waals surface area contributed by atoms with Crippen LogP contribution in [0.4, 0.5) is 0 Å². The molecule has 0 aliphatic heterocycles. The standard InChI is InChI=1S/C15H20ClNO3/c1-3-10(2)14(15(19)20)17-9-8-13(18)11-4-6-12(16)7-5-11/h4-7,10,14,17H,3,8-9H2,1-2H3,(H,19,20)/t10-,14+/m1/s1. The minimum absolute atomic E-state index is 0.0255. The normalized spacial score (nSPS) is 13.8. The Morgan fingerprint density at radius 2 is 1.90 bits per heavy atom. The van der Waals surface area contributed by atoms with Crippen molar-refractivity contribution in [2.75, 3.05) is 6.54 Å². The molecule has 0 fully saturated rings. The quantitative estimate of drug-likeness (QED) is 0.724. The van der Waals surface area contributed by atoms with Gasteiger partial charge in [-0.2, -0.15) is 0 Å². The van der Waals surface area contributed by atoms with Crippen LogP contribution in [0.2, 0.25) is 5.02 Å². The van der Waals surface area contributed by atoms with Gasteiger partial charge in [0.2, 0.25) is 0 Å². The number of carbonyl (C=O) groups excluding carboxylic acids is 1. The van der Waals surface area contributed by atoms with E-state index in [1.165, 1.54) is 0 Å². The molecule has 20 heavy (non-hydrogen) atoms. The van der Waals surface area contributed by atoms with Gasteiger partial charge in [0.05, 0.1) is 0 Å². The molecule has 1 aromatic rings. The van der Waals surface area contributed by atoms with Crippen molar-refractivity contribution in [1.29, 1.82) is 0 Å². The lowest BCUT2D eigenvalue weighted by molar-refractivity contribution is -0.140. The molecule has 0 aliphatic rings. The minimum atomic E-state index is -0.877. The number of hydrogen-bond acceptors (Lipinski definition) is 3. The zero-order valence-electron chi connectivity index (χ0n) is 11.7. The molecule has 1 aromatic carbocycles. The molecule has 1 rings (SSSR count). The van der Waals surface area contributed by atoms with Crippen LogP contribution in [0.15, 0.2) is 24.3 Å². The number of aliphatic carboxylic acids is 1. The summed E-state index contributed by atoms with van der Waals surface area (Å²) in [4.78, 5) is 23.0. The number of rotatable bonds is 8. The Morgan fingerprint density at radius 3 is 2.40 bits per heavy atom. The van der Waals surface area contributed by atoms with Gasteiger partial charge >= 0.3 is 5.97 Å². The smallest absolute Gasteiger partial charge is 0.320 e. The Kier molecular flexibility index (Phi) is 6.68. The zero-order valence-corrected chi connectivity index (χ0v) is 12.5. The summed E-state index contributed by atoms with van der Waals surface area (Å²) in [6, 6.07) is 6.07. The molecule has 0 bridgehead atoms.